The predicted molar refractivity (Wildman–Crippen MR) is 119 cm³/mol. The Morgan fingerprint density at radius 1 is 1.10 bits per heavy atom. The third kappa shape index (κ3) is 7.27. The third-order valence-electron chi connectivity index (χ3n) is 5.61. The van der Waals surface area contributed by atoms with Crippen LogP contribution in [0.25, 0.3) is 0 Å². The van der Waals surface area contributed by atoms with Crippen molar-refractivity contribution in [1.82, 2.24) is 10.2 Å². The second kappa shape index (κ2) is 11.9. The van der Waals surface area contributed by atoms with Gasteiger partial charge in [0.15, 0.2) is 5.78 Å². The minimum atomic E-state index is -0.311. The molecule has 30 heavy (non-hydrogen) atoms. The molecule has 1 heterocycles. The van der Waals surface area contributed by atoms with Gasteiger partial charge in [0.25, 0.3) is 5.22 Å². The Balaban J connectivity index is 1.37. The summed E-state index contributed by atoms with van der Waals surface area (Å²) in [6.07, 6.45) is 9.78. The molecular weight excluding hydrogens is 398 g/mol. The molecular formula is C23H31N3O3S. The molecule has 1 saturated carbocycles. The van der Waals surface area contributed by atoms with E-state index >= 15 is 0 Å². The number of para-hydroxylation sites is 1. The molecule has 0 unspecified atom stereocenters. The lowest BCUT2D eigenvalue weighted by atomic mass is 9.80. The smallest absolute Gasteiger partial charge is 0.277 e. The van der Waals surface area contributed by atoms with E-state index in [1.165, 1.54) is 50.3 Å². The Kier molecular flexibility index (Phi) is 8.93. The summed E-state index contributed by atoms with van der Waals surface area (Å²) < 4.78 is 5.80. The highest BCUT2D eigenvalue weighted by Crippen LogP contribution is 2.37. The molecule has 1 aliphatic carbocycles. The van der Waals surface area contributed by atoms with E-state index in [9.17, 15) is 9.59 Å². The van der Waals surface area contributed by atoms with Gasteiger partial charge in [0.2, 0.25) is 11.8 Å². The van der Waals surface area contributed by atoms with Crippen molar-refractivity contribution in [2.75, 3.05) is 11.1 Å². The first-order chi connectivity index (χ1) is 14.6. The second-order valence-corrected chi connectivity index (χ2v) is 8.96. The van der Waals surface area contributed by atoms with Crippen LogP contribution in [0.15, 0.2) is 40.0 Å². The SMILES string of the molecule is CCCCCC1CCC(c2nnc(SCC(=O)CC(=O)Nc3ccccc3)o2)CC1. The van der Waals surface area contributed by atoms with Crippen molar-refractivity contribution < 1.29 is 14.0 Å². The Morgan fingerprint density at radius 2 is 1.87 bits per heavy atom. The number of benzene rings is 1. The lowest BCUT2D eigenvalue weighted by molar-refractivity contribution is -0.123. The number of Topliss-reactive ketones (excluding diaryl/α,β-unsaturated/α-hetero) is 1. The molecule has 1 amide bonds. The summed E-state index contributed by atoms with van der Waals surface area (Å²) in [6.45, 7) is 2.25. The number of hydrogen-bond acceptors (Lipinski definition) is 6. The molecule has 0 spiro atoms. The van der Waals surface area contributed by atoms with Gasteiger partial charge in [-0.1, -0.05) is 62.6 Å². The fourth-order valence-corrected chi connectivity index (χ4v) is 4.55. The average Bonchev–Trinajstić information content (AvgIpc) is 3.23. The lowest BCUT2D eigenvalue weighted by Crippen LogP contribution is -2.17. The van der Waals surface area contributed by atoms with Gasteiger partial charge in [-0.3, -0.25) is 9.59 Å². The normalized spacial score (nSPS) is 18.8. The van der Waals surface area contributed by atoms with Crippen molar-refractivity contribution in [2.45, 2.75) is 75.9 Å². The van der Waals surface area contributed by atoms with E-state index in [0.717, 1.165) is 18.8 Å². The molecule has 0 bridgehead atoms. The zero-order valence-corrected chi connectivity index (χ0v) is 18.5. The number of nitrogens with one attached hydrogen (secondary N) is 1. The van der Waals surface area contributed by atoms with Crippen LogP contribution in [0.3, 0.4) is 0 Å². The Hall–Kier alpha value is -2.15. The first kappa shape index (κ1) is 22.5. The summed E-state index contributed by atoms with van der Waals surface area (Å²) in [5, 5.41) is 11.4. The number of hydrogen-bond donors (Lipinski definition) is 1. The lowest BCUT2D eigenvalue weighted by Gasteiger charge is -2.26. The monoisotopic (exact) mass is 429 g/mol. The molecule has 1 fully saturated rings. The number of rotatable bonds is 11. The van der Waals surface area contributed by atoms with Crippen molar-refractivity contribution in [3.05, 3.63) is 36.2 Å². The van der Waals surface area contributed by atoms with Crippen LogP contribution in [0.4, 0.5) is 5.69 Å². The van der Waals surface area contributed by atoms with Gasteiger partial charge in [-0.2, -0.15) is 0 Å². The minimum Gasteiger partial charge on any atom is -0.416 e. The number of anilines is 1. The number of amides is 1. The molecule has 1 N–H and O–H groups in total. The van der Waals surface area contributed by atoms with Gasteiger partial charge in [0.1, 0.15) is 0 Å². The molecule has 1 aromatic heterocycles. The number of carbonyl (C=O) groups excluding carboxylic acids is 2. The van der Waals surface area contributed by atoms with Crippen molar-refractivity contribution in [1.29, 1.82) is 0 Å². The summed E-state index contributed by atoms with van der Waals surface area (Å²) >= 11 is 1.21. The molecule has 6 nitrogen and oxygen atoms in total. The summed E-state index contributed by atoms with van der Waals surface area (Å²) in [7, 11) is 0. The molecule has 0 saturated heterocycles. The number of unbranched alkanes of at least 4 members (excludes halogenated alkanes) is 2. The van der Waals surface area contributed by atoms with E-state index in [2.05, 4.69) is 22.4 Å². The maximum atomic E-state index is 12.1. The number of thioether (sulfide) groups is 1. The molecule has 1 aliphatic rings. The minimum absolute atomic E-state index is 0.147. The van der Waals surface area contributed by atoms with Crippen molar-refractivity contribution >= 4 is 29.1 Å². The van der Waals surface area contributed by atoms with Crippen LogP contribution in [0.5, 0.6) is 0 Å². The number of aromatic nitrogens is 2. The quantitative estimate of drug-likeness (QED) is 0.284. The molecule has 2 aromatic rings. The van der Waals surface area contributed by atoms with Crippen molar-refractivity contribution in [2.24, 2.45) is 5.92 Å². The third-order valence-corrected chi connectivity index (χ3v) is 6.48. The van der Waals surface area contributed by atoms with E-state index in [1.54, 1.807) is 12.1 Å². The molecule has 0 radical (unpaired) electrons. The van der Waals surface area contributed by atoms with Crippen molar-refractivity contribution in [3.8, 4) is 0 Å². The van der Waals surface area contributed by atoms with Gasteiger partial charge in [-0.05, 0) is 43.7 Å². The number of carbonyl (C=O) groups is 2. The van der Waals surface area contributed by atoms with Gasteiger partial charge in [-0.15, -0.1) is 10.2 Å². The fraction of sp³-hybridized carbons (Fsp3) is 0.565. The summed E-state index contributed by atoms with van der Waals surface area (Å²) in [5.41, 5.74) is 0.685. The van der Waals surface area contributed by atoms with Crippen LogP contribution >= 0.6 is 11.8 Å². The van der Waals surface area contributed by atoms with E-state index in [-0.39, 0.29) is 23.9 Å². The van der Waals surface area contributed by atoms with E-state index < -0.39 is 0 Å². The maximum Gasteiger partial charge on any atom is 0.277 e. The predicted octanol–water partition coefficient (Wildman–Crippen LogP) is 5.61. The molecule has 1 aromatic carbocycles. The summed E-state index contributed by atoms with van der Waals surface area (Å²) in [5.74, 6) is 1.53. The van der Waals surface area contributed by atoms with Gasteiger partial charge in [0, 0.05) is 11.6 Å². The molecule has 0 atom stereocenters. The summed E-state index contributed by atoms with van der Waals surface area (Å²) in [4.78, 5) is 24.1. The molecule has 3 rings (SSSR count). The van der Waals surface area contributed by atoms with E-state index in [4.69, 9.17) is 4.42 Å². The highest BCUT2D eigenvalue weighted by molar-refractivity contribution is 7.99. The zero-order valence-electron chi connectivity index (χ0n) is 17.6. The largest absolute Gasteiger partial charge is 0.416 e. The van der Waals surface area contributed by atoms with Crippen molar-refractivity contribution in [3.63, 3.8) is 0 Å². The highest BCUT2D eigenvalue weighted by atomic mass is 32.2. The molecule has 0 aliphatic heterocycles. The number of ketones is 1. The Morgan fingerprint density at radius 3 is 2.60 bits per heavy atom. The Bertz CT molecular complexity index is 801. The zero-order chi connectivity index (χ0) is 21.2. The van der Waals surface area contributed by atoms with Crippen LogP contribution in [0, 0.1) is 5.92 Å². The van der Waals surface area contributed by atoms with Crippen LogP contribution in [-0.4, -0.2) is 27.6 Å². The van der Waals surface area contributed by atoms with Crippen LogP contribution in [0.2, 0.25) is 0 Å². The second-order valence-electron chi connectivity index (χ2n) is 8.04. The van der Waals surface area contributed by atoms with Gasteiger partial charge < -0.3 is 9.73 Å². The standard InChI is InChI=1S/C23H31N3O3S/c1-2-3-5-8-17-11-13-18(14-12-17)22-25-26-23(29-22)30-16-20(27)15-21(28)24-19-9-6-4-7-10-19/h4,6-7,9-10,17-18H,2-3,5,8,11-16H2,1H3,(H,24,28). The van der Waals surface area contributed by atoms with Crippen LogP contribution in [-0.2, 0) is 9.59 Å². The van der Waals surface area contributed by atoms with Gasteiger partial charge in [-0.25, -0.2) is 0 Å². The molecule has 7 heteroatoms. The summed E-state index contributed by atoms with van der Waals surface area (Å²) in [6, 6.07) is 9.11. The fourth-order valence-electron chi connectivity index (χ4n) is 3.92. The highest BCUT2D eigenvalue weighted by Gasteiger charge is 2.26. The maximum absolute atomic E-state index is 12.1. The Labute approximate surface area is 182 Å². The van der Waals surface area contributed by atoms with Crippen LogP contribution < -0.4 is 5.32 Å². The van der Waals surface area contributed by atoms with Gasteiger partial charge >= 0.3 is 0 Å². The first-order valence-electron chi connectivity index (χ1n) is 11.0. The van der Waals surface area contributed by atoms with Gasteiger partial charge in [0.05, 0.1) is 12.2 Å². The number of nitrogens with zero attached hydrogens (tertiary/aromatic N) is 2. The van der Waals surface area contributed by atoms with E-state index in [1.807, 2.05) is 18.2 Å². The molecule has 162 valence electrons. The van der Waals surface area contributed by atoms with Crippen LogP contribution in [0.1, 0.15) is 76.5 Å². The van der Waals surface area contributed by atoms with E-state index in [0.29, 0.717) is 22.7 Å². The topological polar surface area (TPSA) is 85.1 Å². The first-order valence-corrected chi connectivity index (χ1v) is 12.0. The average molecular weight is 430 g/mol.